The molecule has 0 bridgehead atoms. The maximum atomic E-state index is 13.2. The maximum Gasteiger partial charge on any atom is 0.254 e. The number of carbonyl (C=O) groups is 3. The largest absolute Gasteiger partial charge is 0.367 e. The molecule has 8 nitrogen and oxygen atoms in total. The number of hydrogen-bond acceptors (Lipinski definition) is 6. The van der Waals surface area contributed by atoms with Crippen LogP contribution in [-0.2, 0) is 16.0 Å². The summed E-state index contributed by atoms with van der Waals surface area (Å²) in [5, 5.41) is 5.58. The highest BCUT2D eigenvalue weighted by molar-refractivity contribution is 7.13. The number of halogens is 2. The van der Waals surface area contributed by atoms with E-state index >= 15 is 0 Å². The molecule has 11 heteroatoms. The highest BCUT2D eigenvalue weighted by atomic mass is 35.5. The van der Waals surface area contributed by atoms with Gasteiger partial charge in [-0.15, -0.1) is 11.3 Å². The maximum absolute atomic E-state index is 13.2. The molecular weight excluding hydrogens is 529 g/mol. The molecule has 1 aromatic heterocycles. The number of nitrogens with zero attached hydrogens (tertiary/aromatic N) is 4. The Hall–Kier alpha value is -3.50. The topological polar surface area (TPSA) is 85.8 Å². The molecule has 0 unspecified atom stereocenters. The third-order valence-electron chi connectivity index (χ3n) is 6.61. The summed E-state index contributed by atoms with van der Waals surface area (Å²) in [4.78, 5) is 48.4. The van der Waals surface area contributed by atoms with Crippen molar-refractivity contribution in [2.45, 2.75) is 25.3 Å². The van der Waals surface area contributed by atoms with Gasteiger partial charge in [0.2, 0.25) is 11.8 Å². The molecule has 2 heterocycles. The molecule has 2 aliphatic rings. The van der Waals surface area contributed by atoms with Gasteiger partial charge in [-0.1, -0.05) is 23.7 Å². The van der Waals surface area contributed by atoms with Crippen molar-refractivity contribution < 1.29 is 18.8 Å². The number of rotatable bonds is 8. The number of nitrogens with one attached hydrogen (secondary N) is 1. The van der Waals surface area contributed by atoms with Gasteiger partial charge in [0.05, 0.1) is 22.8 Å². The molecule has 3 amide bonds. The van der Waals surface area contributed by atoms with E-state index in [1.807, 2.05) is 29.2 Å². The van der Waals surface area contributed by atoms with Gasteiger partial charge in [0.25, 0.3) is 5.91 Å². The van der Waals surface area contributed by atoms with Crippen LogP contribution in [0, 0.1) is 5.82 Å². The highest BCUT2D eigenvalue weighted by Gasteiger charge is 2.34. The molecule has 38 heavy (non-hydrogen) atoms. The molecular formula is C27H27ClFN5O3S. The Morgan fingerprint density at radius 2 is 1.76 bits per heavy atom. The number of aromatic nitrogens is 1. The predicted octanol–water partition coefficient (Wildman–Crippen LogP) is 4.07. The zero-order valence-corrected chi connectivity index (χ0v) is 22.2. The van der Waals surface area contributed by atoms with E-state index in [1.165, 1.54) is 40.5 Å². The van der Waals surface area contributed by atoms with Crippen molar-refractivity contribution in [3.63, 3.8) is 0 Å². The Morgan fingerprint density at radius 1 is 1.05 bits per heavy atom. The van der Waals surface area contributed by atoms with Crippen LogP contribution in [0.15, 0.2) is 53.9 Å². The van der Waals surface area contributed by atoms with Gasteiger partial charge in [-0.05, 0) is 49.2 Å². The van der Waals surface area contributed by atoms with Crippen LogP contribution in [0.4, 0.5) is 15.2 Å². The van der Waals surface area contributed by atoms with Crippen molar-refractivity contribution in [1.82, 2.24) is 14.8 Å². The van der Waals surface area contributed by atoms with Crippen molar-refractivity contribution in [2.24, 2.45) is 0 Å². The molecule has 2 aromatic carbocycles. The van der Waals surface area contributed by atoms with Gasteiger partial charge >= 0.3 is 0 Å². The second kappa shape index (κ2) is 11.5. The van der Waals surface area contributed by atoms with E-state index in [4.69, 9.17) is 11.6 Å². The van der Waals surface area contributed by atoms with E-state index in [0.717, 1.165) is 18.5 Å². The molecule has 0 atom stereocenters. The quantitative estimate of drug-likeness (QED) is 0.453. The lowest BCUT2D eigenvalue weighted by Crippen LogP contribution is -2.49. The van der Waals surface area contributed by atoms with Crippen molar-refractivity contribution in [3.8, 4) is 0 Å². The van der Waals surface area contributed by atoms with E-state index in [1.54, 1.807) is 5.38 Å². The van der Waals surface area contributed by atoms with Crippen molar-refractivity contribution >= 4 is 51.5 Å². The first kappa shape index (κ1) is 26.1. The van der Waals surface area contributed by atoms with Crippen LogP contribution in [0.2, 0.25) is 5.02 Å². The minimum Gasteiger partial charge on any atom is -0.367 e. The molecule has 1 saturated heterocycles. The molecule has 0 spiro atoms. The van der Waals surface area contributed by atoms with E-state index in [-0.39, 0.29) is 36.7 Å². The summed E-state index contributed by atoms with van der Waals surface area (Å²) in [5.74, 6) is -1.11. The number of benzene rings is 2. The molecule has 1 N–H and O–H groups in total. The van der Waals surface area contributed by atoms with Gasteiger partial charge in [0.1, 0.15) is 12.4 Å². The van der Waals surface area contributed by atoms with Gasteiger partial charge in [0, 0.05) is 43.2 Å². The van der Waals surface area contributed by atoms with Crippen molar-refractivity contribution in [2.75, 3.05) is 42.9 Å². The van der Waals surface area contributed by atoms with Gasteiger partial charge in [-0.25, -0.2) is 9.37 Å². The fourth-order valence-electron chi connectivity index (χ4n) is 4.44. The van der Waals surface area contributed by atoms with Crippen molar-refractivity contribution in [3.05, 3.63) is 76.0 Å². The predicted molar refractivity (Wildman–Crippen MR) is 145 cm³/mol. The smallest absolute Gasteiger partial charge is 0.254 e. The summed E-state index contributed by atoms with van der Waals surface area (Å²) in [7, 11) is 0. The molecule has 198 valence electrons. The first-order valence-corrected chi connectivity index (χ1v) is 13.7. The van der Waals surface area contributed by atoms with E-state index in [9.17, 15) is 18.8 Å². The standard InChI is InChI=1S/C27H27ClFN5O3S/c28-22-3-1-2-4-23(22)32-11-13-33(14-12-32)25(36)15-20-17-38-27(30-20)31-24(35)16-34(21-9-10-21)26(37)18-5-7-19(29)8-6-18/h1-8,17,21H,9-16H2,(H,30,31,35). The van der Waals surface area contributed by atoms with Gasteiger partial charge in [-0.3, -0.25) is 14.4 Å². The van der Waals surface area contributed by atoms with Gasteiger partial charge in [0.15, 0.2) is 5.13 Å². The summed E-state index contributed by atoms with van der Waals surface area (Å²) in [5.41, 5.74) is 1.90. The fourth-order valence-corrected chi connectivity index (χ4v) is 5.42. The van der Waals surface area contributed by atoms with Gasteiger partial charge in [-0.2, -0.15) is 0 Å². The average Bonchev–Trinajstić information content (AvgIpc) is 3.67. The molecule has 3 aromatic rings. The third kappa shape index (κ3) is 6.31. The van der Waals surface area contributed by atoms with Crippen LogP contribution >= 0.6 is 22.9 Å². The SMILES string of the molecule is O=C(CN(C(=O)c1ccc(F)cc1)C1CC1)Nc1nc(CC(=O)N2CCN(c3ccccc3Cl)CC2)cs1. The fraction of sp³-hybridized carbons (Fsp3) is 0.333. The third-order valence-corrected chi connectivity index (χ3v) is 7.74. The number of para-hydroxylation sites is 1. The normalized spacial score (nSPS) is 15.3. The van der Waals surface area contributed by atoms with Crippen LogP contribution < -0.4 is 10.2 Å². The van der Waals surface area contributed by atoms with Gasteiger partial charge < -0.3 is 20.0 Å². The Kier molecular flexibility index (Phi) is 7.90. The number of anilines is 2. The number of amides is 3. The molecule has 1 aliphatic heterocycles. The van der Waals surface area contributed by atoms with Crippen LogP contribution in [-0.4, -0.2) is 71.3 Å². The van der Waals surface area contributed by atoms with E-state index < -0.39 is 5.82 Å². The number of hydrogen-bond donors (Lipinski definition) is 1. The summed E-state index contributed by atoms with van der Waals surface area (Å²) in [6.45, 7) is 2.46. The minimum atomic E-state index is -0.422. The van der Waals surface area contributed by atoms with Crippen LogP contribution in [0.5, 0.6) is 0 Å². The summed E-state index contributed by atoms with van der Waals surface area (Å²) < 4.78 is 13.2. The second-order valence-corrected chi connectivity index (χ2v) is 10.6. The Morgan fingerprint density at radius 3 is 2.45 bits per heavy atom. The first-order chi connectivity index (χ1) is 18.4. The zero-order valence-electron chi connectivity index (χ0n) is 20.6. The summed E-state index contributed by atoms with van der Waals surface area (Å²) >= 11 is 7.55. The molecule has 1 aliphatic carbocycles. The lowest BCUT2D eigenvalue weighted by molar-refractivity contribution is -0.130. The minimum absolute atomic E-state index is 0.00108. The lowest BCUT2D eigenvalue weighted by atomic mass is 10.2. The monoisotopic (exact) mass is 555 g/mol. The Labute approximate surface area is 229 Å². The lowest BCUT2D eigenvalue weighted by Gasteiger charge is -2.36. The molecule has 2 fully saturated rings. The van der Waals surface area contributed by atoms with Crippen LogP contribution in [0.1, 0.15) is 28.9 Å². The van der Waals surface area contributed by atoms with E-state index in [0.29, 0.717) is 47.6 Å². The Bertz CT molecular complexity index is 1320. The average molecular weight is 556 g/mol. The number of carbonyl (C=O) groups excluding carboxylic acids is 3. The zero-order chi connectivity index (χ0) is 26.6. The number of thiazole rings is 1. The number of piperazine rings is 1. The Balaban J connectivity index is 1.12. The highest BCUT2D eigenvalue weighted by Crippen LogP contribution is 2.29. The second-order valence-electron chi connectivity index (χ2n) is 9.36. The van der Waals surface area contributed by atoms with Crippen LogP contribution in [0.25, 0.3) is 0 Å². The molecule has 5 rings (SSSR count). The first-order valence-electron chi connectivity index (χ1n) is 12.5. The molecule has 0 radical (unpaired) electrons. The summed E-state index contributed by atoms with van der Waals surface area (Å²) in [6.07, 6.45) is 1.81. The summed E-state index contributed by atoms with van der Waals surface area (Å²) in [6, 6.07) is 13.0. The van der Waals surface area contributed by atoms with E-state index in [2.05, 4.69) is 15.2 Å². The molecule has 1 saturated carbocycles. The van der Waals surface area contributed by atoms with Crippen molar-refractivity contribution in [1.29, 1.82) is 0 Å². The van der Waals surface area contributed by atoms with Crippen LogP contribution in [0.3, 0.4) is 0 Å².